The fourth-order valence-electron chi connectivity index (χ4n) is 2.51. The van der Waals surface area contributed by atoms with Crippen LogP contribution in [0.15, 0.2) is 48.5 Å². The fourth-order valence-corrected chi connectivity index (χ4v) is 3.24. The molecule has 2 rings (SSSR count). The third kappa shape index (κ3) is 5.86. The first-order chi connectivity index (χ1) is 12.1. The third-order valence-electron chi connectivity index (χ3n) is 3.90. The minimum absolute atomic E-state index is 0.160. The molecule has 0 atom stereocenters. The molecule has 0 aromatic heterocycles. The predicted molar refractivity (Wildman–Crippen MR) is 106 cm³/mol. The molecule has 2 aromatic rings. The number of carbonyl (C=O) groups excluding carboxylic acids is 1. The Balaban J connectivity index is 2.06. The van der Waals surface area contributed by atoms with Gasteiger partial charge in [0.25, 0.3) is 0 Å². The van der Waals surface area contributed by atoms with Crippen molar-refractivity contribution < 1.29 is 13.2 Å². The van der Waals surface area contributed by atoms with Gasteiger partial charge in [0.15, 0.2) is 0 Å². The molecule has 0 unspecified atom stereocenters. The van der Waals surface area contributed by atoms with Crippen LogP contribution in [0.5, 0.6) is 0 Å². The van der Waals surface area contributed by atoms with Gasteiger partial charge in [-0.05, 0) is 36.8 Å². The van der Waals surface area contributed by atoms with Crippen LogP contribution in [-0.4, -0.2) is 45.5 Å². The Kier molecular flexibility index (Phi) is 6.39. The van der Waals surface area contributed by atoms with E-state index in [0.717, 1.165) is 23.1 Å². The number of hydrogen-bond acceptors (Lipinski definition) is 4. The van der Waals surface area contributed by atoms with E-state index >= 15 is 0 Å². The number of nitrogens with one attached hydrogen (secondary N) is 1. The summed E-state index contributed by atoms with van der Waals surface area (Å²) in [6, 6.07) is 14.9. The summed E-state index contributed by atoms with van der Waals surface area (Å²) in [4.78, 5) is 14.3. The number of hydrogen-bond donors (Lipinski definition) is 1. The van der Waals surface area contributed by atoms with Gasteiger partial charge in [-0.1, -0.05) is 29.8 Å². The van der Waals surface area contributed by atoms with E-state index < -0.39 is 10.0 Å². The van der Waals surface area contributed by atoms with Crippen molar-refractivity contribution in [1.82, 2.24) is 4.31 Å². The topological polar surface area (TPSA) is 69.7 Å². The lowest BCUT2D eigenvalue weighted by Gasteiger charge is -2.20. The van der Waals surface area contributed by atoms with Crippen LogP contribution >= 0.6 is 0 Å². The lowest BCUT2D eigenvalue weighted by molar-refractivity contribution is -0.116. The second-order valence-corrected chi connectivity index (χ2v) is 8.49. The van der Waals surface area contributed by atoms with E-state index in [4.69, 9.17) is 0 Å². The van der Waals surface area contributed by atoms with E-state index in [1.807, 2.05) is 62.3 Å². The van der Waals surface area contributed by atoms with Crippen molar-refractivity contribution in [3.63, 3.8) is 0 Å². The maximum atomic E-state index is 12.3. The summed E-state index contributed by atoms with van der Waals surface area (Å²) < 4.78 is 25.3. The van der Waals surface area contributed by atoms with E-state index in [1.165, 1.54) is 4.31 Å². The molecule has 0 saturated carbocycles. The third-order valence-corrected chi connectivity index (χ3v) is 5.09. The first kappa shape index (κ1) is 19.9. The molecule has 26 heavy (non-hydrogen) atoms. The number of benzene rings is 2. The highest BCUT2D eigenvalue weighted by Crippen LogP contribution is 2.16. The number of sulfonamides is 1. The van der Waals surface area contributed by atoms with E-state index in [1.54, 1.807) is 12.1 Å². The average Bonchev–Trinajstić information content (AvgIpc) is 2.54. The van der Waals surface area contributed by atoms with Gasteiger partial charge in [-0.25, -0.2) is 8.42 Å². The van der Waals surface area contributed by atoms with Crippen molar-refractivity contribution in [1.29, 1.82) is 0 Å². The largest absolute Gasteiger partial charge is 0.378 e. The summed E-state index contributed by atoms with van der Waals surface area (Å²) in [6.45, 7) is 1.87. The quantitative estimate of drug-likeness (QED) is 0.807. The molecule has 6 nitrogen and oxygen atoms in total. The maximum absolute atomic E-state index is 12.3. The maximum Gasteiger partial charge on any atom is 0.239 e. The lowest BCUT2D eigenvalue weighted by Crippen LogP contribution is -2.36. The number of anilines is 2. The lowest BCUT2D eigenvalue weighted by atomic mass is 10.1. The SMILES string of the molecule is Cc1cccc(CN(CC(=O)Nc2ccc(N(C)C)cc2)S(C)(=O)=O)c1. The van der Waals surface area contributed by atoms with E-state index in [2.05, 4.69) is 5.32 Å². The highest BCUT2D eigenvalue weighted by Gasteiger charge is 2.20. The zero-order chi connectivity index (χ0) is 19.3. The van der Waals surface area contributed by atoms with Crippen LogP contribution in [0.3, 0.4) is 0 Å². The molecule has 2 aromatic carbocycles. The number of amides is 1. The summed E-state index contributed by atoms with van der Waals surface area (Å²) in [5, 5.41) is 2.74. The van der Waals surface area contributed by atoms with Crippen molar-refractivity contribution in [3.8, 4) is 0 Å². The summed E-state index contributed by atoms with van der Waals surface area (Å²) in [5.74, 6) is -0.374. The second-order valence-electron chi connectivity index (χ2n) is 6.51. The number of aryl methyl sites for hydroxylation is 1. The van der Waals surface area contributed by atoms with Gasteiger partial charge in [0.1, 0.15) is 0 Å². The molecule has 0 spiro atoms. The van der Waals surface area contributed by atoms with Crippen molar-refractivity contribution >= 4 is 27.3 Å². The Morgan fingerprint density at radius 1 is 1.08 bits per heavy atom. The van der Waals surface area contributed by atoms with Gasteiger partial charge < -0.3 is 10.2 Å². The molecule has 0 radical (unpaired) electrons. The van der Waals surface area contributed by atoms with Crippen LogP contribution in [0.1, 0.15) is 11.1 Å². The number of rotatable bonds is 7. The van der Waals surface area contributed by atoms with Gasteiger partial charge >= 0.3 is 0 Å². The highest BCUT2D eigenvalue weighted by atomic mass is 32.2. The smallest absolute Gasteiger partial charge is 0.239 e. The normalized spacial score (nSPS) is 11.4. The Morgan fingerprint density at radius 2 is 1.73 bits per heavy atom. The highest BCUT2D eigenvalue weighted by molar-refractivity contribution is 7.88. The van der Waals surface area contributed by atoms with Gasteiger partial charge in [0.05, 0.1) is 12.8 Å². The minimum Gasteiger partial charge on any atom is -0.378 e. The fraction of sp³-hybridized carbons (Fsp3) is 0.316. The number of carbonyl (C=O) groups is 1. The van der Waals surface area contributed by atoms with Crippen LogP contribution in [0.4, 0.5) is 11.4 Å². The Hall–Kier alpha value is -2.38. The molecule has 0 saturated heterocycles. The molecule has 0 aliphatic rings. The van der Waals surface area contributed by atoms with Crippen LogP contribution in [0, 0.1) is 6.92 Å². The predicted octanol–water partition coefficient (Wildman–Crippen LogP) is 2.46. The molecule has 1 N–H and O–H groups in total. The van der Waals surface area contributed by atoms with Crippen molar-refractivity contribution in [2.45, 2.75) is 13.5 Å². The Labute approximate surface area is 155 Å². The molecule has 140 valence electrons. The van der Waals surface area contributed by atoms with Crippen LogP contribution in [0.25, 0.3) is 0 Å². The van der Waals surface area contributed by atoms with Gasteiger partial charge in [-0.15, -0.1) is 0 Å². The van der Waals surface area contributed by atoms with E-state index in [-0.39, 0.29) is 19.0 Å². The summed E-state index contributed by atoms with van der Waals surface area (Å²) in [6.07, 6.45) is 1.11. The second kappa shape index (κ2) is 8.33. The van der Waals surface area contributed by atoms with Crippen molar-refractivity contribution in [3.05, 3.63) is 59.7 Å². The molecule has 1 amide bonds. The van der Waals surface area contributed by atoms with Gasteiger partial charge in [-0.2, -0.15) is 4.31 Å². The first-order valence-corrected chi connectivity index (χ1v) is 10.1. The summed E-state index contributed by atoms with van der Waals surface area (Å²) >= 11 is 0. The number of nitrogens with zero attached hydrogens (tertiary/aromatic N) is 2. The molecule has 0 heterocycles. The van der Waals surface area contributed by atoms with E-state index in [9.17, 15) is 13.2 Å². The molecule has 0 fully saturated rings. The van der Waals surface area contributed by atoms with Crippen LogP contribution in [0.2, 0.25) is 0 Å². The minimum atomic E-state index is -3.52. The monoisotopic (exact) mass is 375 g/mol. The van der Waals surface area contributed by atoms with Crippen LogP contribution in [-0.2, 0) is 21.4 Å². The molecule has 0 bridgehead atoms. The van der Waals surface area contributed by atoms with Crippen molar-refractivity contribution in [2.24, 2.45) is 0 Å². The standard InChI is InChI=1S/C19H25N3O3S/c1-15-6-5-7-16(12-15)13-22(26(4,24)25)14-19(23)20-17-8-10-18(11-9-17)21(2)3/h5-12H,13-14H2,1-4H3,(H,20,23). The van der Waals surface area contributed by atoms with E-state index in [0.29, 0.717) is 5.69 Å². The molecule has 7 heteroatoms. The molecule has 0 aliphatic carbocycles. The Morgan fingerprint density at radius 3 is 2.27 bits per heavy atom. The molecular formula is C19H25N3O3S. The summed E-state index contributed by atoms with van der Waals surface area (Å²) in [5.41, 5.74) is 3.53. The first-order valence-electron chi connectivity index (χ1n) is 8.23. The van der Waals surface area contributed by atoms with Crippen LogP contribution < -0.4 is 10.2 Å². The zero-order valence-electron chi connectivity index (χ0n) is 15.6. The molecular weight excluding hydrogens is 350 g/mol. The zero-order valence-corrected chi connectivity index (χ0v) is 16.4. The van der Waals surface area contributed by atoms with Gasteiger partial charge in [0, 0.05) is 32.0 Å². The summed E-state index contributed by atoms with van der Waals surface area (Å²) in [7, 11) is 0.351. The van der Waals surface area contributed by atoms with Crippen molar-refractivity contribution in [2.75, 3.05) is 37.1 Å². The molecule has 0 aliphatic heterocycles. The van der Waals surface area contributed by atoms with Gasteiger partial charge in [-0.3, -0.25) is 4.79 Å². The Bertz CT molecular complexity index is 862. The average molecular weight is 375 g/mol. The van der Waals surface area contributed by atoms with Gasteiger partial charge in [0.2, 0.25) is 15.9 Å².